The van der Waals surface area contributed by atoms with E-state index in [1.54, 1.807) is 16.1 Å². The Kier molecular flexibility index (Phi) is 5.17. The molecule has 10 heteroatoms. The average Bonchev–Trinajstić information content (AvgIpc) is 3.19. The van der Waals surface area contributed by atoms with Crippen molar-refractivity contribution in [2.24, 2.45) is 0 Å². The summed E-state index contributed by atoms with van der Waals surface area (Å²) in [6, 6.07) is 11.1. The highest BCUT2D eigenvalue weighted by Crippen LogP contribution is 2.30. The van der Waals surface area contributed by atoms with Crippen LogP contribution in [0.1, 0.15) is 15.4 Å². The Morgan fingerprint density at radius 3 is 2.56 bits per heavy atom. The van der Waals surface area contributed by atoms with E-state index in [2.05, 4.69) is 10.4 Å². The van der Waals surface area contributed by atoms with Gasteiger partial charge in [-0.25, -0.2) is 4.68 Å². The summed E-state index contributed by atoms with van der Waals surface area (Å²) in [5, 5.41) is 9.30. The summed E-state index contributed by atoms with van der Waals surface area (Å²) in [6.07, 6.45) is -4.49. The molecule has 0 spiro atoms. The predicted molar refractivity (Wildman–Crippen MR) is 95.1 cm³/mol. The van der Waals surface area contributed by atoms with Crippen molar-refractivity contribution in [3.63, 3.8) is 0 Å². The minimum Gasteiger partial charge on any atom is -0.345 e. The van der Waals surface area contributed by atoms with Crippen LogP contribution in [0.2, 0.25) is 0 Å². The standard InChI is InChI=1S/C17H15F3N4O2S/c1-10-12-7-13(15(26)21-8-14(25)22-9-17(18,19)20)27-16(12)24(23-10)11-5-3-2-4-6-11/h2-7H,8-9H2,1H3,(H,21,26)(H,22,25). The van der Waals surface area contributed by atoms with Crippen molar-refractivity contribution in [2.75, 3.05) is 13.1 Å². The molecule has 3 rings (SSSR count). The normalized spacial score (nSPS) is 11.6. The van der Waals surface area contributed by atoms with Crippen LogP contribution in [-0.2, 0) is 4.79 Å². The van der Waals surface area contributed by atoms with Crippen LogP contribution in [0.15, 0.2) is 36.4 Å². The summed E-state index contributed by atoms with van der Waals surface area (Å²) in [5.74, 6) is -1.44. The molecule has 0 bridgehead atoms. The number of carbonyl (C=O) groups is 2. The maximum absolute atomic E-state index is 12.2. The number of nitrogens with one attached hydrogen (secondary N) is 2. The van der Waals surface area contributed by atoms with Gasteiger partial charge >= 0.3 is 6.18 Å². The fourth-order valence-corrected chi connectivity index (χ4v) is 3.51. The smallest absolute Gasteiger partial charge is 0.345 e. The van der Waals surface area contributed by atoms with E-state index in [9.17, 15) is 22.8 Å². The molecule has 2 N–H and O–H groups in total. The van der Waals surface area contributed by atoms with Gasteiger partial charge in [0.1, 0.15) is 11.4 Å². The number of benzene rings is 1. The lowest BCUT2D eigenvalue weighted by Crippen LogP contribution is -2.40. The van der Waals surface area contributed by atoms with Gasteiger partial charge in [-0.1, -0.05) is 18.2 Å². The number of nitrogens with zero attached hydrogens (tertiary/aromatic N) is 2. The number of aromatic nitrogens is 2. The largest absolute Gasteiger partial charge is 0.405 e. The maximum Gasteiger partial charge on any atom is 0.405 e. The molecule has 0 saturated heterocycles. The van der Waals surface area contributed by atoms with E-state index in [-0.39, 0.29) is 0 Å². The first-order chi connectivity index (χ1) is 12.7. The molecule has 0 atom stereocenters. The molecule has 0 unspecified atom stereocenters. The van der Waals surface area contributed by atoms with Gasteiger partial charge in [0.15, 0.2) is 0 Å². The first kappa shape index (κ1) is 18.9. The molecule has 0 aliphatic rings. The first-order valence-electron chi connectivity index (χ1n) is 7.91. The molecule has 27 heavy (non-hydrogen) atoms. The number of amides is 2. The van der Waals surface area contributed by atoms with Crippen LogP contribution in [0.3, 0.4) is 0 Å². The first-order valence-corrected chi connectivity index (χ1v) is 8.72. The zero-order valence-electron chi connectivity index (χ0n) is 14.1. The third kappa shape index (κ3) is 4.45. The lowest BCUT2D eigenvalue weighted by Gasteiger charge is -2.08. The van der Waals surface area contributed by atoms with E-state index < -0.39 is 31.1 Å². The predicted octanol–water partition coefficient (Wildman–Crippen LogP) is 2.80. The number of hydrogen-bond donors (Lipinski definition) is 2. The summed E-state index contributed by atoms with van der Waals surface area (Å²) in [7, 11) is 0. The van der Waals surface area contributed by atoms with Crippen molar-refractivity contribution in [3.8, 4) is 5.69 Å². The molecule has 0 fully saturated rings. The van der Waals surface area contributed by atoms with Crippen LogP contribution in [0.4, 0.5) is 13.2 Å². The third-order valence-electron chi connectivity index (χ3n) is 3.66. The van der Waals surface area contributed by atoms with Crippen molar-refractivity contribution < 1.29 is 22.8 Å². The molecule has 0 saturated carbocycles. The number of aryl methyl sites for hydroxylation is 1. The molecular formula is C17H15F3N4O2S. The molecular weight excluding hydrogens is 381 g/mol. The Balaban J connectivity index is 1.72. The highest BCUT2D eigenvalue weighted by molar-refractivity contribution is 7.20. The zero-order chi connectivity index (χ0) is 19.6. The highest BCUT2D eigenvalue weighted by Gasteiger charge is 2.27. The van der Waals surface area contributed by atoms with Crippen LogP contribution in [0, 0.1) is 6.92 Å². The molecule has 0 aliphatic heterocycles. The number of para-hydroxylation sites is 1. The maximum atomic E-state index is 12.2. The number of thiophene rings is 1. The van der Waals surface area contributed by atoms with Crippen molar-refractivity contribution in [1.82, 2.24) is 20.4 Å². The van der Waals surface area contributed by atoms with Crippen LogP contribution in [0.25, 0.3) is 15.9 Å². The van der Waals surface area contributed by atoms with Gasteiger partial charge < -0.3 is 10.6 Å². The Morgan fingerprint density at radius 1 is 1.19 bits per heavy atom. The number of fused-ring (bicyclic) bond motifs is 1. The second-order valence-corrected chi connectivity index (χ2v) is 6.77. The van der Waals surface area contributed by atoms with E-state index >= 15 is 0 Å². The van der Waals surface area contributed by atoms with Gasteiger partial charge in [0.2, 0.25) is 5.91 Å². The van der Waals surface area contributed by atoms with Gasteiger partial charge in [-0.2, -0.15) is 18.3 Å². The van der Waals surface area contributed by atoms with E-state index in [1.807, 2.05) is 37.3 Å². The number of carbonyl (C=O) groups excluding carboxylic acids is 2. The Labute approximate surface area is 156 Å². The zero-order valence-corrected chi connectivity index (χ0v) is 14.9. The summed E-state index contributed by atoms with van der Waals surface area (Å²) >= 11 is 1.19. The minimum atomic E-state index is -4.49. The van der Waals surface area contributed by atoms with Crippen molar-refractivity contribution in [2.45, 2.75) is 13.1 Å². The van der Waals surface area contributed by atoms with Gasteiger partial charge in [-0.3, -0.25) is 9.59 Å². The molecule has 2 heterocycles. The second kappa shape index (κ2) is 7.39. The number of hydrogen-bond acceptors (Lipinski definition) is 4. The minimum absolute atomic E-state index is 0.346. The highest BCUT2D eigenvalue weighted by atomic mass is 32.1. The molecule has 2 aromatic heterocycles. The number of halogens is 3. The molecule has 142 valence electrons. The monoisotopic (exact) mass is 396 g/mol. The molecule has 0 aliphatic carbocycles. The van der Waals surface area contributed by atoms with Gasteiger partial charge in [0.25, 0.3) is 5.91 Å². The lowest BCUT2D eigenvalue weighted by molar-refractivity contribution is -0.137. The Morgan fingerprint density at radius 2 is 1.89 bits per heavy atom. The van der Waals surface area contributed by atoms with E-state index in [4.69, 9.17) is 0 Å². The van der Waals surface area contributed by atoms with E-state index in [0.717, 1.165) is 21.6 Å². The average molecular weight is 396 g/mol. The molecule has 0 radical (unpaired) electrons. The quantitative estimate of drug-likeness (QED) is 0.696. The summed E-state index contributed by atoms with van der Waals surface area (Å²) in [4.78, 5) is 24.8. The SMILES string of the molecule is Cc1nn(-c2ccccc2)c2sc(C(=O)NCC(=O)NCC(F)(F)F)cc12. The second-order valence-electron chi connectivity index (χ2n) is 5.74. The van der Waals surface area contributed by atoms with Gasteiger partial charge in [-0.05, 0) is 25.1 Å². The van der Waals surface area contributed by atoms with Gasteiger partial charge in [0.05, 0.1) is 22.8 Å². The Bertz CT molecular complexity index is 979. The molecule has 6 nitrogen and oxygen atoms in total. The van der Waals surface area contributed by atoms with Crippen LogP contribution >= 0.6 is 11.3 Å². The fourth-order valence-electron chi connectivity index (χ4n) is 2.41. The Hall–Kier alpha value is -2.88. The van der Waals surface area contributed by atoms with Crippen LogP contribution in [-0.4, -0.2) is 40.9 Å². The fraction of sp³-hybridized carbons (Fsp3) is 0.235. The van der Waals surface area contributed by atoms with Crippen molar-refractivity contribution in [3.05, 3.63) is 47.0 Å². The van der Waals surface area contributed by atoms with Gasteiger partial charge in [0, 0.05) is 5.39 Å². The summed E-state index contributed by atoms with van der Waals surface area (Å²) in [5.41, 5.74) is 1.59. The van der Waals surface area contributed by atoms with Crippen molar-refractivity contribution in [1.29, 1.82) is 0 Å². The molecule has 2 amide bonds. The van der Waals surface area contributed by atoms with Crippen LogP contribution < -0.4 is 10.6 Å². The summed E-state index contributed by atoms with van der Waals surface area (Å²) < 4.78 is 37.9. The molecule has 1 aromatic carbocycles. The third-order valence-corrected chi connectivity index (χ3v) is 4.77. The lowest BCUT2D eigenvalue weighted by atomic mass is 10.3. The number of alkyl halides is 3. The topological polar surface area (TPSA) is 76.0 Å². The van der Waals surface area contributed by atoms with E-state index in [0.29, 0.717) is 4.88 Å². The van der Waals surface area contributed by atoms with Gasteiger partial charge in [-0.15, -0.1) is 11.3 Å². The molecule has 3 aromatic rings. The van der Waals surface area contributed by atoms with Crippen LogP contribution in [0.5, 0.6) is 0 Å². The van der Waals surface area contributed by atoms with Crippen molar-refractivity contribution >= 4 is 33.4 Å². The number of rotatable bonds is 5. The summed E-state index contributed by atoms with van der Waals surface area (Å²) in [6.45, 7) is -0.148. The van der Waals surface area contributed by atoms with E-state index in [1.165, 1.54) is 11.3 Å².